The molecule has 0 saturated carbocycles. The Balaban J connectivity index is 2.34. The molecule has 94 valence electrons. The zero-order valence-electron chi connectivity index (χ0n) is 8.85. The van der Waals surface area contributed by atoms with Crippen LogP contribution in [0.15, 0.2) is 24.3 Å². The second-order valence-electron chi connectivity index (χ2n) is 3.44. The third kappa shape index (κ3) is 2.63. The van der Waals surface area contributed by atoms with Crippen LogP contribution in [0.2, 0.25) is 10.0 Å². The Kier molecular flexibility index (Phi) is 3.54. The number of rotatable bonds is 2. The van der Waals surface area contributed by atoms with Gasteiger partial charge in [0.15, 0.2) is 17.5 Å². The summed E-state index contributed by atoms with van der Waals surface area (Å²) in [7, 11) is 0. The van der Waals surface area contributed by atoms with Crippen LogP contribution in [0.5, 0.6) is 0 Å². The molecule has 1 aromatic carbocycles. The smallest absolute Gasteiger partial charge is 0.160 e. The van der Waals surface area contributed by atoms with Crippen LogP contribution in [0.4, 0.5) is 26.1 Å². The first-order valence-electron chi connectivity index (χ1n) is 4.81. The molecule has 0 bridgehead atoms. The van der Waals surface area contributed by atoms with Crippen molar-refractivity contribution in [3.05, 3.63) is 45.9 Å². The van der Waals surface area contributed by atoms with Crippen molar-refractivity contribution in [1.82, 2.24) is 4.98 Å². The fraction of sp³-hybridized carbons (Fsp3) is 0. The minimum absolute atomic E-state index is 0.0890. The number of benzene rings is 1. The molecule has 0 unspecified atom stereocenters. The predicted molar refractivity (Wildman–Crippen MR) is 68.3 cm³/mol. The third-order valence-corrected chi connectivity index (χ3v) is 2.73. The van der Waals surface area contributed by atoms with Crippen LogP contribution in [0.25, 0.3) is 0 Å². The Hall–Kier alpha value is -1.59. The van der Waals surface area contributed by atoms with E-state index in [1.165, 1.54) is 12.1 Å². The molecule has 3 nitrogen and oxygen atoms in total. The van der Waals surface area contributed by atoms with Gasteiger partial charge in [0.25, 0.3) is 0 Å². The molecule has 2 aromatic rings. The largest absolute Gasteiger partial charge is 0.382 e. The average Bonchev–Trinajstić information content (AvgIpc) is 2.31. The molecule has 0 spiro atoms. The molecule has 7 heteroatoms. The van der Waals surface area contributed by atoms with Gasteiger partial charge in [0.2, 0.25) is 0 Å². The van der Waals surface area contributed by atoms with Gasteiger partial charge in [0.1, 0.15) is 5.82 Å². The first-order chi connectivity index (χ1) is 8.47. The highest BCUT2D eigenvalue weighted by molar-refractivity contribution is 6.37. The maximum absolute atomic E-state index is 13.0. The Morgan fingerprint density at radius 3 is 2.44 bits per heavy atom. The van der Waals surface area contributed by atoms with Gasteiger partial charge in [-0.3, -0.25) is 0 Å². The van der Waals surface area contributed by atoms with E-state index >= 15 is 0 Å². The van der Waals surface area contributed by atoms with Crippen LogP contribution in [0, 0.1) is 11.6 Å². The molecule has 2 rings (SSSR count). The van der Waals surface area contributed by atoms with Crippen molar-refractivity contribution in [3.63, 3.8) is 0 Å². The molecule has 1 aromatic heterocycles. The quantitative estimate of drug-likeness (QED) is 0.879. The van der Waals surface area contributed by atoms with Crippen molar-refractivity contribution < 1.29 is 8.78 Å². The summed E-state index contributed by atoms with van der Waals surface area (Å²) in [5.41, 5.74) is 5.82. The summed E-state index contributed by atoms with van der Waals surface area (Å²) in [5, 5.41) is 3.16. The minimum Gasteiger partial charge on any atom is -0.382 e. The highest BCUT2D eigenvalue weighted by Gasteiger charge is 2.09. The van der Waals surface area contributed by atoms with E-state index in [2.05, 4.69) is 10.3 Å². The third-order valence-electron chi connectivity index (χ3n) is 2.14. The molecule has 0 aliphatic carbocycles. The molecule has 0 aliphatic heterocycles. The summed E-state index contributed by atoms with van der Waals surface area (Å²) in [6.45, 7) is 0. The SMILES string of the molecule is Nc1nc(Nc2ccc(F)c(F)c2)c(Cl)cc1Cl. The number of halogens is 4. The lowest BCUT2D eigenvalue weighted by Gasteiger charge is -2.09. The number of hydrogen-bond acceptors (Lipinski definition) is 3. The Labute approximate surface area is 112 Å². The van der Waals surface area contributed by atoms with Gasteiger partial charge >= 0.3 is 0 Å². The molecule has 3 N–H and O–H groups in total. The van der Waals surface area contributed by atoms with Gasteiger partial charge in [-0.2, -0.15) is 0 Å². The van der Waals surface area contributed by atoms with E-state index in [1.807, 2.05) is 0 Å². The van der Waals surface area contributed by atoms with E-state index < -0.39 is 11.6 Å². The van der Waals surface area contributed by atoms with E-state index in [0.29, 0.717) is 5.69 Å². The standard InChI is InChI=1S/C11H7Cl2F2N3/c12-6-4-7(13)11(18-10(6)16)17-5-1-2-8(14)9(15)3-5/h1-4H,(H3,16,17,18). The number of anilines is 3. The number of nitrogen functional groups attached to an aromatic ring is 1. The maximum atomic E-state index is 13.0. The first-order valence-corrected chi connectivity index (χ1v) is 5.56. The van der Waals surface area contributed by atoms with Crippen LogP contribution in [0.3, 0.4) is 0 Å². The molecule has 0 radical (unpaired) electrons. The molecule has 18 heavy (non-hydrogen) atoms. The highest BCUT2D eigenvalue weighted by atomic mass is 35.5. The number of hydrogen-bond donors (Lipinski definition) is 2. The molecule has 0 amide bonds. The number of nitrogens with zero attached hydrogens (tertiary/aromatic N) is 1. The van der Waals surface area contributed by atoms with Crippen molar-refractivity contribution in [1.29, 1.82) is 0 Å². The topological polar surface area (TPSA) is 50.9 Å². The van der Waals surface area contributed by atoms with Crippen LogP contribution in [0.1, 0.15) is 0 Å². The van der Waals surface area contributed by atoms with Gasteiger partial charge < -0.3 is 11.1 Å². The minimum atomic E-state index is -0.974. The monoisotopic (exact) mass is 289 g/mol. The molecular formula is C11H7Cl2F2N3. The summed E-state index contributed by atoms with van der Waals surface area (Å²) in [5.74, 6) is -1.61. The van der Waals surface area contributed by atoms with Gasteiger partial charge in [-0.1, -0.05) is 23.2 Å². The second kappa shape index (κ2) is 4.96. The van der Waals surface area contributed by atoms with E-state index in [-0.39, 0.29) is 21.7 Å². The second-order valence-corrected chi connectivity index (χ2v) is 4.25. The van der Waals surface area contributed by atoms with Crippen LogP contribution in [-0.4, -0.2) is 4.98 Å². The fourth-order valence-electron chi connectivity index (χ4n) is 1.28. The molecule has 0 atom stereocenters. The summed E-state index contributed by atoms with van der Waals surface area (Å²) in [6, 6.07) is 4.73. The lowest BCUT2D eigenvalue weighted by Crippen LogP contribution is -1.99. The summed E-state index contributed by atoms with van der Waals surface area (Å²) in [4.78, 5) is 3.91. The van der Waals surface area contributed by atoms with E-state index in [4.69, 9.17) is 28.9 Å². The lowest BCUT2D eigenvalue weighted by atomic mass is 10.3. The number of aromatic nitrogens is 1. The zero-order valence-corrected chi connectivity index (χ0v) is 10.4. The van der Waals surface area contributed by atoms with Gasteiger partial charge in [-0.25, -0.2) is 13.8 Å². The summed E-state index contributed by atoms with van der Waals surface area (Å²) in [6.07, 6.45) is 0. The van der Waals surface area contributed by atoms with Crippen molar-refractivity contribution in [2.75, 3.05) is 11.1 Å². The number of nitrogens with two attached hydrogens (primary N) is 1. The van der Waals surface area contributed by atoms with Crippen LogP contribution < -0.4 is 11.1 Å². The van der Waals surface area contributed by atoms with Crippen molar-refractivity contribution in [2.24, 2.45) is 0 Å². The van der Waals surface area contributed by atoms with E-state index in [0.717, 1.165) is 12.1 Å². The predicted octanol–water partition coefficient (Wildman–Crippen LogP) is 3.99. The molecule has 0 aliphatic rings. The van der Waals surface area contributed by atoms with Crippen molar-refractivity contribution >= 4 is 40.5 Å². The van der Waals surface area contributed by atoms with Gasteiger partial charge in [-0.15, -0.1) is 0 Å². The van der Waals surface area contributed by atoms with Gasteiger partial charge in [0.05, 0.1) is 10.0 Å². The maximum Gasteiger partial charge on any atom is 0.160 e. The van der Waals surface area contributed by atoms with Gasteiger partial charge in [-0.05, 0) is 18.2 Å². The molecule has 0 saturated heterocycles. The van der Waals surface area contributed by atoms with E-state index in [1.54, 1.807) is 0 Å². The normalized spacial score (nSPS) is 10.4. The van der Waals surface area contributed by atoms with Crippen molar-refractivity contribution in [3.8, 4) is 0 Å². The van der Waals surface area contributed by atoms with Gasteiger partial charge in [0, 0.05) is 11.8 Å². The van der Waals surface area contributed by atoms with Crippen LogP contribution >= 0.6 is 23.2 Å². The Morgan fingerprint density at radius 2 is 1.78 bits per heavy atom. The zero-order chi connectivity index (χ0) is 13.3. The molecule has 1 heterocycles. The summed E-state index contributed by atoms with van der Waals surface area (Å²) < 4.78 is 25.8. The van der Waals surface area contributed by atoms with Crippen LogP contribution in [-0.2, 0) is 0 Å². The Morgan fingerprint density at radius 1 is 1.06 bits per heavy atom. The van der Waals surface area contributed by atoms with E-state index in [9.17, 15) is 8.78 Å². The highest BCUT2D eigenvalue weighted by Crippen LogP contribution is 2.29. The first kappa shape index (κ1) is 12.9. The summed E-state index contributed by atoms with van der Waals surface area (Å²) >= 11 is 11.6. The average molecular weight is 290 g/mol. The molecular weight excluding hydrogens is 283 g/mol. The van der Waals surface area contributed by atoms with Crippen molar-refractivity contribution in [2.45, 2.75) is 0 Å². The lowest BCUT2D eigenvalue weighted by molar-refractivity contribution is 0.509. The number of nitrogens with one attached hydrogen (secondary N) is 1. The Bertz CT molecular complexity index is 605. The molecule has 0 fully saturated rings. The fourth-order valence-corrected chi connectivity index (χ4v) is 1.68. The number of pyridine rings is 1.